The largest absolute Gasteiger partial charge is 0.379 e. The number of benzene rings is 1. The van der Waals surface area contributed by atoms with Crippen LogP contribution in [0.1, 0.15) is 36.2 Å². The lowest BCUT2D eigenvalue weighted by molar-refractivity contribution is -0.127. The fraction of sp³-hybridized carbons (Fsp3) is 0.520. The number of hydrogen-bond acceptors (Lipinski definition) is 4. The Balaban J connectivity index is 1.29. The van der Waals surface area contributed by atoms with E-state index < -0.39 is 0 Å². The topological polar surface area (TPSA) is 50.6 Å². The molecule has 0 aliphatic carbocycles. The molecule has 31 heavy (non-hydrogen) atoms. The van der Waals surface area contributed by atoms with Crippen LogP contribution in [-0.4, -0.2) is 71.4 Å². The number of piperidine rings is 1. The minimum atomic E-state index is 0.109. The molecule has 6 nitrogen and oxygen atoms in total. The molecule has 0 saturated carbocycles. The zero-order valence-corrected chi connectivity index (χ0v) is 18.8. The van der Waals surface area contributed by atoms with Gasteiger partial charge in [0.15, 0.2) is 0 Å². The lowest BCUT2D eigenvalue weighted by atomic mass is 9.93. The molecular weight excluding hydrogens is 388 g/mol. The van der Waals surface area contributed by atoms with Gasteiger partial charge in [0, 0.05) is 43.5 Å². The van der Waals surface area contributed by atoms with Gasteiger partial charge in [0.2, 0.25) is 5.91 Å². The normalized spacial score (nSPS) is 18.7. The van der Waals surface area contributed by atoms with Crippen molar-refractivity contribution in [2.45, 2.75) is 33.1 Å². The summed E-state index contributed by atoms with van der Waals surface area (Å²) in [7, 11) is 0. The summed E-state index contributed by atoms with van der Waals surface area (Å²) in [6.45, 7) is 10.8. The van der Waals surface area contributed by atoms with Gasteiger partial charge < -0.3 is 9.64 Å². The molecule has 3 heterocycles. The van der Waals surface area contributed by atoms with Crippen LogP contribution in [0.25, 0.3) is 11.8 Å². The first-order valence-electron chi connectivity index (χ1n) is 11.5. The predicted molar refractivity (Wildman–Crippen MR) is 123 cm³/mol. The van der Waals surface area contributed by atoms with E-state index in [-0.39, 0.29) is 5.91 Å². The van der Waals surface area contributed by atoms with Gasteiger partial charge in [-0.25, -0.2) is 4.68 Å². The Morgan fingerprint density at radius 2 is 1.81 bits per heavy atom. The van der Waals surface area contributed by atoms with E-state index >= 15 is 0 Å². The molecule has 4 rings (SSSR count). The summed E-state index contributed by atoms with van der Waals surface area (Å²) in [4.78, 5) is 17.3. The molecule has 1 amide bonds. The summed E-state index contributed by atoms with van der Waals surface area (Å²) in [5, 5.41) is 4.67. The van der Waals surface area contributed by atoms with E-state index in [0.717, 1.165) is 87.3 Å². The molecule has 0 radical (unpaired) electrons. The Kier molecular flexibility index (Phi) is 7.20. The molecule has 2 aromatic rings. The summed E-state index contributed by atoms with van der Waals surface area (Å²) in [6.07, 6.45) is 7.10. The van der Waals surface area contributed by atoms with Crippen molar-refractivity contribution in [2.24, 2.45) is 5.92 Å². The van der Waals surface area contributed by atoms with Crippen molar-refractivity contribution >= 4 is 12.0 Å². The molecule has 1 aromatic carbocycles. The maximum Gasteiger partial charge on any atom is 0.246 e. The Labute approximate surface area is 185 Å². The molecule has 0 N–H and O–H groups in total. The number of morpholine rings is 1. The first kappa shape index (κ1) is 21.8. The second-order valence-corrected chi connectivity index (χ2v) is 8.68. The van der Waals surface area contributed by atoms with Gasteiger partial charge >= 0.3 is 0 Å². The molecular formula is C25H34N4O2. The molecule has 0 atom stereocenters. The predicted octanol–water partition coefficient (Wildman–Crippen LogP) is 3.46. The molecule has 0 bridgehead atoms. The Bertz CT molecular complexity index is 892. The highest BCUT2D eigenvalue weighted by atomic mass is 16.5. The number of likely N-dealkylation sites (tertiary alicyclic amines) is 1. The number of aromatic nitrogens is 2. The Morgan fingerprint density at radius 3 is 2.52 bits per heavy atom. The van der Waals surface area contributed by atoms with Crippen molar-refractivity contribution in [1.29, 1.82) is 0 Å². The first-order chi connectivity index (χ1) is 15.1. The highest BCUT2D eigenvalue weighted by Gasteiger charge is 2.22. The maximum atomic E-state index is 12.8. The number of nitrogens with zero attached hydrogens (tertiary/aromatic N) is 4. The van der Waals surface area contributed by atoms with Gasteiger partial charge in [0.25, 0.3) is 0 Å². The molecule has 1 aromatic heterocycles. The molecule has 2 aliphatic rings. The zero-order chi connectivity index (χ0) is 21.6. The van der Waals surface area contributed by atoms with Crippen LogP contribution in [0.4, 0.5) is 0 Å². The average Bonchev–Trinajstić information content (AvgIpc) is 3.11. The highest BCUT2D eigenvalue weighted by Crippen LogP contribution is 2.22. The summed E-state index contributed by atoms with van der Waals surface area (Å²) in [5.74, 6) is 0.836. The quantitative estimate of drug-likeness (QED) is 0.669. The van der Waals surface area contributed by atoms with Gasteiger partial charge in [0.05, 0.1) is 24.6 Å². The lowest BCUT2D eigenvalue weighted by Gasteiger charge is -2.33. The number of ether oxygens (including phenoxy) is 1. The van der Waals surface area contributed by atoms with Gasteiger partial charge in [-0.15, -0.1) is 0 Å². The van der Waals surface area contributed by atoms with E-state index in [4.69, 9.17) is 4.74 Å². The van der Waals surface area contributed by atoms with Crippen LogP contribution in [0.2, 0.25) is 0 Å². The molecule has 2 saturated heterocycles. The summed E-state index contributed by atoms with van der Waals surface area (Å²) >= 11 is 0. The van der Waals surface area contributed by atoms with Crippen LogP contribution in [0.3, 0.4) is 0 Å². The van der Waals surface area contributed by atoms with Crippen LogP contribution in [0.15, 0.2) is 36.4 Å². The van der Waals surface area contributed by atoms with Crippen LogP contribution < -0.4 is 0 Å². The molecule has 0 unspecified atom stereocenters. The third-order valence-corrected chi connectivity index (χ3v) is 6.62. The number of rotatable bonds is 6. The van der Waals surface area contributed by atoms with Crippen molar-refractivity contribution in [3.8, 4) is 5.69 Å². The van der Waals surface area contributed by atoms with Crippen molar-refractivity contribution in [2.75, 3.05) is 45.9 Å². The van der Waals surface area contributed by atoms with Gasteiger partial charge in [-0.2, -0.15) is 5.10 Å². The van der Waals surface area contributed by atoms with Crippen LogP contribution in [-0.2, 0) is 9.53 Å². The lowest BCUT2D eigenvalue weighted by Crippen LogP contribution is -2.40. The number of hydrogen-bond donors (Lipinski definition) is 0. The van der Waals surface area contributed by atoms with Gasteiger partial charge in [-0.05, 0) is 63.8 Å². The van der Waals surface area contributed by atoms with E-state index in [0.29, 0.717) is 0 Å². The fourth-order valence-corrected chi connectivity index (χ4v) is 4.61. The van der Waals surface area contributed by atoms with Gasteiger partial charge in [-0.1, -0.05) is 18.2 Å². The summed E-state index contributed by atoms with van der Waals surface area (Å²) in [6, 6.07) is 10.1. The minimum Gasteiger partial charge on any atom is -0.379 e. The number of para-hydroxylation sites is 1. The molecule has 2 aliphatic heterocycles. The zero-order valence-electron chi connectivity index (χ0n) is 18.8. The van der Waals surface area contributed by atoms with E-state index in [2.05, 4.69) is 16.9 Å². The second-order valence-electron chi connectivity index (χ2n) is 8.68. The fourth-order valence-electron chi connectivity index (χ4n) is 4.61. The molecule has 2 fully saturated rings. The number of carbonyl (C=O) groups excluding carboxylic acids is 1. The van der Waals surface area contributed by atoms with E-state index in [1.54, 1.807) is 6.08 Å². The van der Waals surface area contributed by atoms with Gasteiger partial charge in [0.1, 0.15) is 0 Å². The summed E-state index contributed by atoms with van der Waals surface area (Å²) < 4.78 is 7.37. The van der Waals surface area contributed by atoms with Crippen molar-refractivity contribution in [3.63, 3.8) is 0 Å². The van der Waals surface area contributed by atoms with Crippen LogP contribution in [0.5, 0.6) is 0 Å². The Morgan fingerprint density at radius 1 is 1.10 bits per heavy atom. The maximum absolute atomic E-state index is 12.8. The number of carbonyl (C=O) groups is 1. The van der Waals surface area contributed by atoms with Crippen molar-refractivity contribution in [1.82, 2.24) is 19.6 Å². The molecule has 0 spiro atoms. The monoisotopic (exact) mass is 422 g/mol. The Hall–Kier alpha value is -2.44. The smallest absolute Gasteiger partial charge is 0.246 e. The van der Waals surface area contributed by atoms with E-state index in [9.17, 15) is 4.79 Å². The van der Waals surface area contributed by atoms with Crippen LogP contribution >= 0.6 is 0 Å². The standard InChI is InChI=1S/C25H34N4O2/c1-20-24(21(2)29(26-20)23-6-4-3-5-7-23)8-9-25(30)28-14-11-22(12-15-28)10-13-27-16-18-31-19-17-27/h3-9,22H,10-19H2,1-2H3/b9-8+. The highest BCUT2D eigenvalue weighted by molar-refractivity contribution is 5.92. The van der Waals surface area contributed by atoms with E-state index in [1.807, 2.05) is 52.9 Å². The number of amides is 1. The third-order valence-electron chi connectivity index (χ3n) is 6.62. The number of aryl methyl sites for hydroxylation is 1. The summed E-state index contributed by atoms with van der Waals surface area (Å²) in [5.41, 5.74) is 4.05. The molecule has 166 valence electrons. The van der Waals surface area contributed by atoms with Crippen molar-refractivity contribution < 1.29 is 9.53 Å². The molecule has 6 heteroatoms. The first-order valence-corrected chi connectivity index (χ1v) is 11.5. The van der Waals surface area contributed by atoms with Crippen molar-refractivity contribution in [3.05, 3.63) is 53.4 Å². The SMILES string of the molecule is Cc1nn(-c2ccccc2)c(C)c1/C=C/C(=O)N1CCC(CCN2CCOCC2)CC1. The van der Waals surface area contributed by atoms with E-state index in [1.165, 1.54) is 6.42 Å². The minimum absolute atomic E-state index is 0.109. The average molecular weight is 423 g/mol. The van der Waals surface area contributed by atoms with Gasteiger partial charge in [-0.3, -0.25) is 9.69 Å². The third kappa shape index (κ3) is 5.43. The van der Waals surface area contributed by atoms with Crippen LogP contribution in [0, 0.1) is 19.8 Å². The second kappa shape index (κ2) is 10.2.